The summed E-state index contributed by atoms with van der Waals surface area (Å²) in [5.41, 5.74) is 14.7. The van der Waals surface area contributed by atoms with Crippen LogP contribution in [0.25, 0.3) is 0 Å². The number of benzene rings is 2. The number of amides is 6. The first-order valence-corrected chi connectivity index (χ1v) is 18.3. The van der Waals surface area contributed by atoms with E-state index in [-0.39, 0.29) is 64.5 Å². The van der Waals surface area contributed by atoms with Crippen molar-refractivity contribution in [1.29, 1.82) is 0 Å². The second kappa shape index (κ2) is 23.1. The highest BCUT2D eigenvalue weighted by Crippen LogP contribution is 2.11. The van der Waals surface area contributed by atoms with Gasteiger partial charge < -0.3 is 52.8 Å². The van der Waals surface area contributed by atoms with Crippen LogP contribution in [0.3, 0.4) is 0 Å². The van der Waals surface area contributed by atoms with Crippen molar-refractivity contribution in [3.63, 3.8) is 0 Å². The van der Waals surface area contributed by atoms with Gasteiger partial charge in [-0.25, -0.2) is 9.59 Å². The molecular weight excluding hydrogens is 728 g/mol. The normalized spacial score (nSPS) is 15.9. The molecule has 2 aromatic rings. The van der Waals surface area contributed by atoms with Gasteiger partial charge in [0.15, 0.2) is 0 Å². The molecule has 0 spiro atoms. The Morgan fingerprint density at radius 1 is 0.625 bits per heavy atom. The van der Waals surface area contributed by atoms with Gasteiger partial charge in [-0.3, -0.25) is 28.8 Å². The molecule has 0 radical (unpaired) electrons. The Bertz CT molecular complexity index is 1600. The third-order valence-electron chi connectivity index (χ3n) is 8.83. The van der Waals surface area contributed by atoms with Crippen molar-refractivity contribution in [2.45, 2.75) is 88.6 Å². The van der Waals surface area contributed by atoms with Gasteiger partial charge in [-0.2, -0.15) is 0 Å². The van der Waals surface area contributed by atoms with E-state index < -0.39 is 71.5 Å². The van der Waals surface area contributed by atoms with Crippen molar-refractivity contribution in [2.24, 2.45) is 11.5 Å². The Labute approximate surface area is 324 Å². The van der Waals surface area contributed by atoms with Crippen LogP contribution in [0.15, 0.2) is 48.5 Å². The maximum atomic E-state index is 12.7. The molecule has 56 heavy (non-hydrogen) atoms. The van der Waals surface area contributed by atoms with E-state index >= 15 is 0 Å². The predicted octanol–water partition coefficient (Wildman–Crippen LogP) is -1.74. The van der Waals surface area contributed by atoms with Gasteiger partial charge in [0.2, 0.25) is 35.4 Å². The first-order chi connectivity index (χ1) is 26.8. The number of esters is 2. The van der Waals surface area contributed by atoms with Gasteiger partial charge in [-0.15, -0.1) is 0 Å². The van der Waals surface area contributed by atoms with Gasteiger partial charge in [0.1, 0.15) is 24.2 Å². The van der Waals surface area contributed by atoms with Gasteiger partial charge in [-0.05, 0) is 35.1 Å². The number of methoxy groups -OCH3 is 2. The summed E-state index contributed by atoms with van der Waals surface area (Å²) in [6.07, 6.45) is 0.139. The number of hydrogen-bond acceptors (Lipinski definition) is 12. The molecule has 10 N–H and O–H groups in total. The molecule has 18 heteroatoms. The van der Waals surface area contributed by atoms with Gasteiger partial charge in [0.25, 0.3) is 0 Å². The van der Waals surface area contributed by atoms with Crippen LogP contribution in [-0.2, 0) is 73.8 Å². The van der Waals surface area contributed by atoms with E-state index in [9.17, 15) is 38.4 Å². The number of hydrogen-bond donors (Lipinski definition) is 8. The largest absolute Gasteiger partial charge is 0.467 e. The Kier molecular flexibility index (Phi) is 18.4. The molecule has 1 fully saturated rings. The fourth-order valence-electron chi connectivity index (χ4n) is 5.87. The maximum absolute atomic E-state index is 12.7. The van der Waals surface area contributed by atoms with Crippen LogP contribution in [0, 0.1) is 0 Å². The van der Waals surface area contributed by atoms with E-state index in [0.29, 0.717) is 13.1 Å². The molecule has 2 unspecified atom stereocenters. The fraction of sp³-hybridized carbons (Fsp3) is 0.474. The highest BCUT2D eigenvalue weighted by atomic mass is 16.5. The molecule has 18 nitrogen and oxygen atoms in total. The Hall–Kier alpha value is -5.88. The van der Waals surface area contributed by atoms with Crippen LogP contribution in [-0.4, -0.2) is 98.9 Å². The third kappa shape index (κ3) is 15.1. The fourth-order valence-corrected chi connectivity index (χ4v) is 5.87. The molecule has 1 aliphatic rings. The topological polar surface area (TPSA) is 279 Å². The smallest absolute Gasteiger partial charge is 0.328 e. The molecule has 0 aliphatic carbocycles. The van der Waals surface area contributed by atoms with Crippen molar-refractivity contribution in [3.8, 4) is 0 Å². The van der Waals surface area contributed by atoms with Crippen molar-refractivity contribution in [3.05, 3.63) is 70.8 Å². The molecule has 1 heterocycles. The highest BCUT2D eigenvalue weighted by Gasteiger charge is 2.36. The maximum Gasteiger partial charge on any atom is 0.328 e. The summed E-state index contributed by atoms with van der Waals surface area (Å²) in [5, 5.41) is 15.4. The van der Waals surface area contributed by atoms with Crippen LogP contribution < -0.4 is 43.4 Å². The zero-order valence-electron chi connectivity index (χ0n) is 31.7. The molecule has 1 saturated heterocycles. The van der Waals surface area contributed by atoms with Crippen molar-refractivity contribution in [1.82, 2.24) is 31.9 Å². The summed E-state index contributed by atoms with van der Waals surface area (Å²) in [6, 6.07) is 10.5. The third-order valence-corrected chi connectivity index (χ3v) is 8.83. The summed E-state index contributed by atoms with van der Waals surface area (Å²) in [6.45, 7) is 0.844. The van der Waals surface area contributed by atoms with Gasteiger partial charge in [0.05, 0.1) is 27.1 Å². The summed E-state index contributed by atoms with van der Waals surface area (Å²) in [7, 11) is 2.46. The SMILES string of the molecule is COC(=O)C(Cc1cccc(CN)c1)NC(=O)CCCNC(=O)C[C@@H]1NC(=O)[C@@H](CC(=O)NCCCC(=O)NC(Cc2cccc(CN)c2)C(=O)OC)NC1=O. The Balaban J connectivity index is 1.33. The summed E-state index contributed by atoms with van der Waals surface area (Å²) in [5.74, 6) is -4.43. The number of nitrogens with one attached hydrogen (secondary N) is 6. The van der Waals surface area contributed by atoms with Crippen LogP contribution in [0.1, 0.15) is 60.8 Å². The molecule has 6 amide bonds. The number of carbonyl (C=O) groups excluding carboxylic acids is 8. The first-order valence-electron chi connectivity index (χ1n) is 18.3. The molecule has 0 saturated carbocycles. The average molecular weight is 781 g/mol. The number of piperazine rings is 1. The quantitative estimate of drug-likeness (QED) is 0.0489. The van der Waals surface area contributed by atoms with E-state index in [1.807, 2.05) is 48.5 Å². The summed E-state index contributed by atoms with van der Waals surface area (Å²) >= 11 is 0. The lowest BCUT2D eigenvalue weighted by Crippen LogP contribution is -2.63. The van der Waals surface area contributed by atoms with E-state index in [0.717, 1.165) is 22.3 Å². The number of nitrogens with two attached hydrogens (primary N) is 2. The minimum Gasteiger partial charge on any atom is -0.467 e. The molecule has 0 aromatic heterocycles. The molecule has 3 rings (SSSR count). The first kappa shape index (κ1) is 44.5. The zero-order chi connectivity index (χ0) is 41.0. The number of rotatable bonds is 22. The molecule has 1 aliphatic heterocycles. The number of carbonyl (C=O) groups is 8. The minimum atomic E-state index is -1.17. The van der Waals surface area contributed by atoms with Gasteiger partial charge in [-0.1, -0.05) is 48.5 Å². The molecule has 4 atom stereocenters. The predicted molar refractivity (Wildman–Crippen MR) is 202 cm³/mol. The lowest BCUT2D eigenvalue weighted by Gasteiger charge is -2.29. The van der Waals surface area contributed by atoms with Crippen LogP contribution in [0.2, 0.25) is 0 Å². The van der Waals surface area contributed by atoms with Gasteiger partial charge >= 0.3 is 11.9 Å². The Morgan fingerprint density at radius 3 is 1.36 bits per heavy atom. The minimum absolute atomic E-state index is 0.00454. The van der Waals surface area contributed by atoms with Gasteiger partial charge in [0, 0.05) is 51.9 Å². The standard InChI is InChI=1S/C38H52N8O10/c1-55-37(53)29(17-23-7-3-9-25(15-23)21-39)43-31(47)11-5-13-41-33(49)19-27-35(51)46-28(36(52)45-27)20-34(50)42-14-6-12-32(48)44-30(38(54)56-2)18-24-8-4-10-26(16-24)22-40/h3-4,7-10,15-16,27-30H,5-6,11-14,17-22,39-40H2,1-2H3,(H,41,49)(H,42,50)(H,43,47)(H,44,48)(H,45,52)(H,46,51)/t27-,28+,29?,30?. The van der Waals surface area contributed by atoms with Crippen LogP contribution in [0.5, 0.6) is 0 Å². The summed E-state index contributed by atoms with van der Waals surface area (Å²) < 4.78 is 9.66. The highest BCUT2D eigenvalue weighted by molar-refractivity contribution is 6.01. The van der Waals surface area contributed by atoms with Crippen LogP contribution in [0.4, 0.5) is 0 Å². The summed E-state index contributed by atoms with van der Waals surface area (Å²) in [4.78, 5) is 100. The monoisotopic (exact) mass is 780 g/mol. The molecule has 2 aromatic carbocycles. The van der Waals surface area contributed by atoms with E-state index in [4.69, 9.17) is 20.9 Å². The van der Waals surface area contributed by atoms with E-state index in [1.165, 1.54) is 14.2 Å². The molecule has 0 bridgehead atoms. The molecule has 304 valence electrons. The molecular formula is C38H52N8O10. The zero-order valence-corrected chi connectivity index (χ0v) is 31.7. The Morgan fingerprint density at radius 2 is 1.00 bits per heavy atom. The van der Waals surface area contributed by atoms with Crippen molar-refractivity contribution >= 4 is 47.4 Å². The second-order valence-corrected chi connectivity index (χ2v) is 13.2. The van der Waals surface area contributed by atoms with E-state index in [1.54, 1.807) is 0 Å². The van der Waals surface area contributed by atoms with Crippen molar-refractivity contribution in [2.75, 3.05) is 27.3 Å². The average Bonchev–Trinajstić information content (AvgIpc) is 3.19. The lowest BCUT2D eigenvalue weighted by molar-refractivity contribution is -0.145. The van der Waals surface area contributed by atoms with Crippen molar-refractivity contribution < 1.29 is 47.8 Å². The lowest BCUT2D eigenvalue weighted by atomic mass is 10.0. The van der Waals surface area contributed by atoms with Crippen LogP contribution >= 0.6 is 0 Å². The van der Waals surface area contributed by atoms with E-state index in [2.05, 4.69) is 31.9 Å². The second-order valence-electron chi connectivity index (χ2n) is 13.2. The number of ether oxygens (including phenoxy) is 2.